The van der Waals surface area contributed by atoms with Crippen LogP contribution in [0.2, 0.25) is 0 Å². The van der Waals surface area contributed by atoms with Crippen molar-refractivity contribution in [3.8, 4) is 0 Å². The summed E-state index contributed by atoms with van der Waals surface area (Å²) in [4.78, 5) is 30.4. The molecule has 1 aromatic heterocycles. The van der Waals surface area contributed by atoms with Crippen LogP contribution < -0.4 is 10.6 Å². The van der Waals surface area contributed by atoms with Crippen LogP contribution in [0.3, 0.4) is 0 Å². The zero-order valence-electron chi connectivity index (χ0n) is 15.7. The fourth-order valence-corrected chi connectivity index (χ4v) is 3.28. The molecule has 1 fully saturated rings. The Hall–Kier alpha value is -2.80. The minimum absolute atomic E-state index is 0.194. The Morgan fingerprint density at radius 3 is 2.43 bits per heavy atom. The van der Waals surface area contributed by atoms with Gasteiger partial charge in [-0.05, 0) is 61.2 Å². The summed E-state index contributed by atoms with van der Waals surface area (Å²) in [6.45, 7) is 3.51. The van der Waals surface area contributed by atoms with Crippen LogP contribution in [0.4, 0.5) is 4.39 Å². The van der Waals surface area contributed by atoms with Crippen LogP contribution in [-0.2, 0) is 22.7 Å². The number of amides is 2. The molecule has 2 amide bonds. The lowest BCUT2D eigenvalue weighted by atomic mass is 9.96. The van der Waals surface area contributed by atoms with Gasteiger partial charge in [-0.2, -0.15) is 0 Å². The topological polar surface area (TPSA) is 74.3 Å². The Morgan fingerprint density at radius 2 is 1.75 bits per heavy atom. The molecule has 0 aliphatic carbocycles. The molecule has 148 valence electrons. The quantitative estimate of drug-likeness (QED) is 0.746. The Labute approximate surface area is 164 Å². The molecule has 1 saturated heterocycles. The lowest BCUT2D eigenvalue weighted by Crippen LogP contribution is -2.43. The zero-order valence-corrected chi connectivity index (χ0v) is 15.7. The molecule has 0 atom stereocenters. The van der Waals surface area contributed by atoms with Crippen molar-refractivity contribution < 1.29 is 14.0 Å². The zero-order chi connectivity index (χ0) is 19.8. The fraction of sp³-hybridized carbons (Fsp3) is 0.381. The number of halogens is 1. The standard InChI is InChI=1S/C21H25FN4O2/c22-19-5-3-16(4-6-19)13-24-20(27)21(28)25-14-17-7-10-26(11-8-17)15-18-2-1-9-23-12-18/h1-6,9,12,17H,7-8,10-11,13-15H2,(H,24,27)(H,25,28). The van der Waals surface area contributed by atoms with E-state index in [1.54, 1.807) is 18.3 Å². The van der Waals surface area contributed by atoms with Crippen molar-refractivity contribution in [2.45, 2.75) is 25.9 Å². The van der Waals surface area contributed by atoms with Gasteiger partial charge >= 0.3 is 11.8 Å². The second kappa shape index (κ2) is 9.94. The molecule has 6 nitrogen and oxygen atoms in total. The highest BCUT2D eigenvalue weighted by atomic mass is 19.1. The minimum Gasteiger partial charge on any atom is -0.348 e. The molecule has 0 unspecified atom stereocenters. The summed E-state index contributed by atoms with van der Waals surface area (Å²) < 4.78 is 12.9. The van der Waals surface area contributed by atoms with Gasteiger partial charge in [-0.15, -0.1) is 0 Å². The maximum atomic E-state index is 12.9. The van der Waals surface area contributed by atoms with E-state index in [2.05, 4.69) is 26.6 Å². The molecule has 3 rings (SSSR count). The molecule has 2 aromatic rings. The molecule has 0 spiro atoms. The molecular formula is C21H25FN4O2. The van der Waals surface area contributed by atoms with Gasteiger partial charge in [-0.25, -0.2) is 4.39 Å². The monoisotopic (exact) mass is 384 g/mol. The van der Waals surface area contributed by atoms with Crippen LogP contribution in [0.1, 0.15) is 24.0 Å². The van der Waals surface area contributed by atoms with E-state index in [0.717, 1.165) is 38.0 Å². The largest absolute Gasteiger partial charge is 0.348 e. The van der Waals surface area contributed by atoms with Crippen LogP contribution in [0.15, 0.2) is 48.8 Å². The summed E-state index contributed by atoms with van der Waals surface area (Å²) in [6.07, 6.45) is 5.63. The van der Waals surface area contributed by atoms with Gasteiger partial charge in [0.15, 0.2) is 0 Å². The average molecular weight is 384 g/mol. The summed E-state index contributed by atoms with van der Waals surface area (Å²) in [5.74, 6) is -1.25. The Morgan fingerprint density at radius 1 is 1.04 bits per heavy atom. The number of rotatable bonds is 6. The normalized spacial score (nSPS) is 15.2. The van der Waals surface area contributed by atoms with Gasteiger partial charge in [0.2, 0.25) is 0 Å². The number of benzene rings is 1. The molecular weight excluding hydrogens is 359 g/mol. The minimum atomic E-state index is -0.668. The summed E-state index contributed by atoms with van der Waals surface area (Å²) >= 11 is 0. The smallest absolute Gasteiger partial charge is 0.309 e. The third-order valence-corrected chi connectivity index (χ3v) is 4.96. The van der Waals surface area contributed by atoms with E-state index in [9.17, 15) is 14.0 Å². The molecule has 0 bridgehead atoms. The van der Waals surface area contributed by atoms with Crippen molar-refractivity contribution in [2.24, 2.45) is 5.92 Å². The summed E-state index contributed by atoms with van der Waals surface area (Å²) in [7, 11) is 0. The van der Waals surface area contributed by atoms with Crippen LogP contribution in [0.25, 0.3) is 0 Å². The number of pyridine rings is 1. The fourth-order valence-electron chi connectivity index (χ4n) is 3.28. The Bertz CT molecular complexity index is 775. The van der Waals surface area contributed by atoms with Crippen molar-refractivity contribution in [3.63, 3.8) is 0 Å². The van der Waals surface area contributed by atoms with Crippen molar-refractivity contribution in [3.05, 3.63) is 65.7 Å². The molecule has 7 heteroatoms. The second-order valence-corrected chi connectivity index (χ2v) is 7.10. The molecule has 1 aliphatic rings. The number of carbonyl (C=O) groups is 2. The molecule has 0 radical (unpaired) electrons. The molecule has 2 heterocycles. The predicted octanol–water partition coefficient (Wildman–Crippen LogP) is 1.87. The Balaban J connectivity index is 1.33. The molecule has 2 N–H and O–H groups in total. The van der Waals surface area contributed by atoms with E-state index in [1.165, 1.54) is 17.7 Å². The van der Waals surface area contributed by atoms with Gasteiger partial charge in [0, 0.05) is 32.0 Å². The van der Waals surface area contributed by atoms with Gasteiger partial charge in [-0.1, -0.05) is 18.2 Å². The van der Waals surface area contributed by atoms with Crippen LogP contribution in [-0.4, -0.2) is 41.3 Å². The third kappa shape index (κ3) is 6.13. The van der Waals surface area contributed by atoms with Crippen molar-refractivity contribution in [2.75, 3.05) is 19.6 Å². The maximum Gasteiger partial charge on any atom is 0.309 e. The number of nitrogens with zero attached hydrogens (tertiary/aromatic N) is 2. The number of aromatic nitrogens is 1. The average Bonchev–Trinajstić information content (AvgIpc) is 2.73. The molecule has 1 aromatic carbocycles. The first-order valence-electron chi connectivity index (χ1n) is 9.52. The SMILES string of the molecule is O=C(NCc1ccc(F)cc1)C(=O)NCC1CCN(Cc2cccnc2)CC1. The first-order chi connectivity index (χ1) is 13.6. The number of nitrogens with one attached hydrogen (secondary N) is 2. The van der Waals surface area contributed by atoms with Crippen LogP contribution in [0, 0.1) is 11.7 Å². The van der Waals surface area contributed by atoms with Crippen molar-refractivity contribution in [1.82, 2.24) is 20.5 Å². The maximum absolute atomic E-state index is 12.9. The van der Waals surface area contributed by atoms with E-state index < -0.39 is 11.8 Å². The van der Waals surface area contributed by atoms with E-state index in [0.29, 0.717) is 12.5 Å². The first-order valence-corrected chi connectivity index (χ1v) is 9.52. The number of hydrogen-bond acceptors (Lipinski definition) is 4. The van der Waals surface area contributed by atoms with Crippen LogP contribution >= 0.6 is 0 Å². The predicted molar refractivity (Wildman–Crippen MR) is 103 cm³/mol. The lowest BCUT2D eigenvalue weighted by molar-refractivity contribution is -0.139. The van der Waals surface area contributed by atoms with Gasteiger partial charge in [-0.3, -0.25) is 19.5 Å². The second-order valence-electron chi connectivity index (χ2n) is 7.10. The Kier molecular flexibility index (Phi) is 7.08. The summed E-state index contributed by atoms with van der Waals surface area (Å²) in [5.41, 5.74) is 1.94. The highest BCUT2D eigenvalue weighted by molar-refractivity contribution is 6.35. The number of carbonyl (C=O) groups excluding carboxylic acids is 2. The number of piperidine rings is 1. The number of likely N-dealkylation sites (tertiary alicyclic amines) is 1. The first kappa shape index (κ1) is 19.9. The van der Waals surface area contributed by atoms with E-state index in [4.69, 9.17) is 0 Å². The highest BCUT2D eigenvalue weighted by Gasteiger charge is 2.21. The van der Waals surface area contributed by atoms with E-state index >= 15 is 0 Å². The molecule has 28 heavy (non-hydrogen) atoms. The van der Waals surface area contributed by atoms with Crippen LogP contribution in [0.5, 0.6) is 0 Å². The number of hydrogen-bond donors (Lipinski definition) is 2. The lowest BCUT2D eigenvalue weighted by Gasteiger charge is -2.31. The van der Waals surface area contributed by atoms with Gasteiger partial charge in [0.25, 0.3) is 0 Å². The molecule has 0 saturated carbocycles. The van der Waals surface area contributed by atoms with Crippen molar-refractivity contribution >= 4 is 11.8 Å². The van der Waals surface area contributed by atoms with Crippen molar-refractivity contribution in [1.29, 1.82) is 0 Å². The summed E-state index contributed by atoms with van der Waals surface area (Å²) in [6, 6.07) is 9.81. The third-order valence-electron chi connectivity index (χ3n) is 4.96. The van der Waals surface area contributed by atoms with Gasteiger partial charge in [0.1, 0.15) is 5.82 Å². The summed E-state index contributed by atoms with van der Waals surface area (Å²) in [5, 5.41) is 5.28. The van der Waals surface area contributed by atoms with E-state index in [-0.39, 0.29) is 12.4 Å². The molecule has 1 aliphatic heterocycles. The van der Waals surface area contributed by atoms with Gasteiger partial charge < -0.3 is 10.6 Å². The van der Waals surface area contributed by atoms with E-state index in [1.807, 2.05) is 12.3 Å². The van der Waals surface area contributed by atoms with Gasteiger partial charge in [0.05, 0.1) is 0 Å². The highest BCUT2D eigenvalue weighted by Crippen LogP contribution is 2.18.